The van der Waals surface area contributed by atoms with Gasteiger partial charge in [0.1, 0.15) is 11.4 Å². The van der Waals surface area contributed by atoms with Crippen LogP contribution in [0.15, 0.2) is 48.5 Å². The Morgan fingerprint density at radius 1 is 1.16 bits per heavy atom. The lowest BCUT2D eigenvalue weighted by atomic mass is 10.1. The molecule has 3 N–H and O–H groups in total. The first-order valence-electron chi connectivity index (χ1n) is 10.2. The first kappa shape index (κ1) is 24.3. The van der Waals surface area contributed by atoms with Gasteiger partial charge in [-0.2, -0.15) is 5.10 Å². The Morgan fingerprint density at radius 2 is 1.81 bits per heavy atom. The summed E-state index contributed by atoms with van der Waals surface area (Å²) in [6.07, 6.45) is 0.903. The Morgan fingerprint density at radius 3 is 2.44 bits per heavy atom. The molecule has 170 valence electrons. The van der Waals surface area contributed by atoms with E-state index in [1.807, 2.05) is 43.1 Å². The van der Waals surface area contributed by atoms with Gasteiger partial charge < -0.3 is 10.2 Å². The Kier molecular flexibility index (Phi) is 8.31. The highest BCUT2D eigenvalue weighted by Gasteiger charge is 2.25. The lowest BCUT2D eigenvalue weighted by molar-refractivity contribution is 0.0463. The number of carbonyl (C=O) groups excluding carboxylic acids is 1. The van der Waals surface area contributed by atoms with Crippen LogP contribution < -0.4 is 5.43 Å². The third-order valence-corrected chi connectivity index (χ3v) is 5.51. The van der Waals surface area contributed by atoms with Gasteiger partial charge in [0.25, 0.3) is 5.91 Å². The van der Waals surface area contributed by atoms with E-state index < -0.39 is 0 Å². The number of aromatic hydroxyl groups is 1. The number of aliphatic hydroxyl groups is 1. The number of benzene rings is 2. The third-order valence-electron chi connectivity index (χ3n) is 5.27. The minimum Gasteiger partial charge on any atom is -0.506 e. The Bertz CT molecular complexity index is 1070. The number of amides is 1. The summed E-state index contributed by atoms with van der Waals surface area (Å²) in [6.45, 7) is 3.00. The fourth-order valence-electron chi connectivity index (χ4n) is 3.67. The van der Waals surface area contributed by atoms with Crippen molar-refractivity contribution < 1.29 is 15.0 Å². The highest BCUT2D eigenvalue weighted by atomic mass is 79.9. The number of hydrogen-bond donors (Lipinski definition) is 3. The van der Waals surface area contributed by atoms with Crippen molar-refractivity contribution in [2.75, 3.05) is 18.9 Å². The van der Waals surface area contributed by atoms with Gasteiger partial charge >= 0.3 is 0 Å². The standard InChI is InChI=1S/C22H23ClN4O3.CH3Br/c1-14-20(22(30)25-26-11-9-17(28)10-12-26)24-27(18-8-7-16(23)13-19(18)29)21(14)15-5-3-2-4-6-15;1-2/h2-8,13,17,28-29H,9-12H2,1H3,(H,25,30);1H3. The molecule has 7 nitrogen and oxygen atoms in total. The molecule has 2 aromatic carbocycles. The van der Waals surface area contributed by atoms with Gasteiger partial charge in [0, 0.05) is 35.3 Å². The summed E-state index contributed by atoms with van der Waals surface area (Å²) in [4.78, 5) is 13.0. The molecular formula is C23H26BrClN4O3. The zero-order valence-electron chi connectivity index (χ0n) is 17.9. The second-order valence-electron chi connectivity index (χ2n) is 7.39. The molecule has 1 aromatic heterocycles. The smallest absolute Gasteiger partial charge is 0.286 e. The van der Waals surface area contributed by atoms with Crippen LogP contribution in [-0.2, 0) is 0 Å². The molecule has 0 bridgehead atoms. The maximum atomic E-state index is 13.0. The van der Waals surface area contributed by atoms with Crippen LogP contribution >= 0.6 is 27.5 Å². The fraction of sp³-hybridized carbons (Fsp3) is 0.304. The number of hydrogen-bond acceptors (Lipinski definition) is 5. The molecule has 3 aromatic rings. The molecule has 1 aliphatic heterocycles. The summed E-state index contributed by atoms with van der Waals surface area (Å²) in [6, 6.07) is 14.4. The summed E-state index contributed by atoms with van der Waals surface area (Å²) in [5, 5.41) is 26.9. The molecule has 1 fully saturated rings. The average Bonchev–Trinajstić information content (AvgIpc) is 3.14. The average molecular weight is 522 g/mol. The monoisotopic (exact) mass is 520 g/mol. The number of rotatable bonds is 4. The lowest BCUT2D eigenvalue weighted by Gasteiger charge is -2.29. The van der Waals surface area contributed by atoms with E-state index in [1.165, 1.54) is 6.07 Å². The number of nitrogens with zero attached hydrogens (tertiary/aromatic N) is 3. The van der Waals surface area contributed by atoms with Crippen molar-refractivity contribution >= 4 is 33.4 Å². The summed E-state index contributed by atoms with van der Waals surface area (Å²) in [5.41, 5.74) is 5.88. The molecule has 1 saturated heterocycles. The van der Waals surface area contributed by atoms with E-state index in [2.05, 4.69) is 26.5 Å². The number of nitrogens with one attached hydrogen (secondary N) is 1. The van der Waals surface area contributed by atoms with Gasteiger partial charge in [0.15, 0.2) is 5.69 Å². The second-order valence-corrected chi connectivity index (χ2v) is 7.83. The lowest BCUT2D eigenvalue weighted by Crippen LogP contribution is -2.47. The van der Waals surface area contributed by atoms with Crippen molar-refractivity contribution in [3.8, 4) is 22.7 Å². The van der Waals surface area contributed by atoms with Gasteiger partial charge in [-0.15, -0.1) is 0 Å². The van der Waals surface area contributed by atoms with Crippen LogP contribution in [-0.4, -0.2) is 55.9 Å². The number of phenolic OH excluding ortho intramolecular Hbond substituents is 1. The maximum absolute atomic E-state index is 13.0. The van der Waals surface area contributed by atoms with Crippen LogP contribution in [0.4, 0.5) is 0 Å². The van der Waals surface area contributed by atoms with Crippen molar-refractivity contribution in [2.24, 2.45) is 0 Å². The van der Waals surface area contributed by atoms with Crippen LogP contribution in [0.25, 0.3) is 16.9 Å². The van der Waals surface area contributed by atoms with E-state index in [-0.39, 0.29) is 23.5 Å². The maximum Gasteiger partial charge on any atom is 0.286 e. The number of hydrazine groups is 1. The zero-order chi connectivity index (χ0) is 23.3. The molecular weight excluding hydrogens is 496 g/mol. The molecule has 9 heteroatoms. The van der Waals surface area contributed by atoms with Gasteiger partial charge in [-0.1, -0.05) is 57.9 Å². The van der Waals surface area contributed by atoms with Crippen LogP contribution in [0.5, 0.6) is 5.75 Å². The quantitative estimate of drug-likeness (QED) is 0.445. The third kappa shape index (κ3) is 5.32. The molecule has 0 saturated carbocycles. The molecule has 1 amide bonds. The number of phenols is 1. The predicted octanol–water partition coefficient (Wildman–Crippen LogP) is 4.32. The topological polar surface area (TPSA) is 90.6 Å². The van der Waals surface area contributed by atoms with E-state index >= 15 is 0 Å². The van der Waals surface area contributed by atoms with Crippen molar-refractivity contribution in [1.82, 2.24) is 20.2 Å². The van der Waals surface area contributed by atoms with Crippen molar-refractivity contribution in [3.63, 3.8) is 0 Å². The zero-order valence-corrected chi connectivity index (χ0v) is 20.3. The summed E-state index contributed by atoms with van der Waals surface area (Å²) in [5.74, 6) is 1.46. The molecule has 1 aliphatic rings. The molecule has 32 heavy (non-hydrogen) atoms. The fourth-order valence-corrected chi connectivity index (χ4v) is 3.84. The largest absolute Gasteiger partial charge is 0.506 e. The Labute approximate surface area is 200 Å². The number of alkyl halides is 1. The minimum absolute atomic E-state index is 0.0286. The number of aliphatic hydroxyl groups excluding tert-OH is 1. The number of carbonyl (C=O) groups is 1. The highest BCUT2D eigenvalue weighted by Crippen LogP contribution is 2.33. The normalized spacial score (nSPS) is 14.5. The summed E-state index contributed by atoms with van der Waals surface area (Å²) >= 11 is 8.93. The van der Waals surface area contributed by atoms with E-state index in [1.54, 1.807) is 21.8 Å². The number of halogens is 2. The first-order chi connectivity index (χ1) is 15.4. The summed E-state index contributed by atoms with van der Waals surface area (Å²) < 4.78 is 1.57. The Balaban J connectivity index is 0.00000141. The van der Waals surface area contributed by atoms with Gasteiger partial charge in [0.05, 0.1) is 11.8 Å². The molecule has 0 unspecified atom stereocenters. The second kappa shape index (κ2) is 11.0. The van der Waals surface area contributed by atoms with Crippen LogP contribution in [0.1, 0.15) is 28.9 Å². The van der Waals surface area contributed by atoms with E-state index in [4.69, 9.17) is 11.6 Å². The molecule has 2 heterocycles. The van der Waals surface area contributed by atoms with E-state index in [0.717, 1.165) is 5.56 Å². The van der Waals surface area contributed by atoms with Gasteiger partial charge in [-0.05, 0) is 37.7 Å². The van der Waals surface area contributed by atoms with E-state index in [9.17, 15) is 15.0 Å². The molecule has 4 rings (SSSR count). The highest BCUT2D eigenvalue weighted by molar-refractivity contribution is 9.08. The predicted molar refractivity (Wildman–Crippen MR) is 130 cm³/mol. The van der Waals surface area contributed by atoms with Gasteiger partial charge in [-0.3, -0.25) is 10.2 Å². The Hall–Kier alpha value is -2.39. The van der Waals surface area contributed by atoms with Crippen LogP contribution in [0, 0.1) is 6.92 Å². The number of aromatic nitrogens is 2. The van der Waals surface area contributed by atoms with Gasteiger partial charge in [-0.25, -0.2) is 9.69 Å². The van der Waals surface area contributed by atoms with E-state index in [0.29, 0.717) is 47.9 Å². The minimum atomic E-state index is -0.326. The summed E-state index contributed by atoms with van der Waals surface area (Å²) in [7, 11) is 0. The van der Waals surface area contributed by atoms with Crippen molar-refractivity contribution in [3.05, 3.63) is 64.8 Å². The molecule has 0 radical (unpaired) electrons. The van der Waals surface area contributed by atoms with Gasteiger partial charge in [0.2, 0.25) is 0 Å². The van der Waals surface area contributed by atoms with Crippen molar-refractivity contribution in [2.45, 2.75) is 25.9 Å². The molecule has 0 aliphatic carbocycles. The SMILES string of the molecule is CBr.Cc1c(C(=O)NN2CCC(O)CC2)nn(-c2ccc(Cl)cc2O)c1-c1ccccc1. The first-order valence-corrected chi connectivity index (χ1v) is 12.2. The van der Waals surface area contributed by atoms with Crippen LogP contribution in [0.3, 0.4) is 0 Å². The van der Waals surface area contributed by atoms with Crippen molar-refractivity contribution in [1.29, 1.82) is 0 Å². The molecule has 0 atom stereocenters. The number of piperidine rings is 1. The molecule has 0 spiro atoms. The van der Waals surface area contributed by atoms with Crippen LogP contribution in [0.2, 0.25) is 5.02 Å².